The summed E-state index contributed by atoms with van der Waals surface area (Å²) in [7, 11) is 0. The fourth-order valence-electron chi connectivity index (χ4n) is 2.22. The Bertz CT molecular complexity index is 379. The smallest absolute Gasteiger partial charge is 0.123 e. The molecule has 0 aliphatic heterocycles. The van der Waals surface area contributed by atoms with Gasteiger partial charge in [0, 0.05) is 25.8 Å². The van der Waals surface area contributed by atoms with Crippen LogP contribution in [-0.2, 0) is 4.74 Å². The highest BCUT2D eigenvalue weighted by atomic mass is 19.1. The molecule has 1 unspecified atom stereocenters. The third kappa shape index (κ3) is 5.29. The Labute approximate surface area is 115 Å². The molecule has 0 spiro atoms. The third-order valence-corrected chi connectivity index (χ3v) is 3.51. The largest absolute Gasteiger partial charge is 0.381 e. The van der Waals surface area contributed by atoms with Gasteiger partial charge in [0.05, 0.1) is 0 Å². The van der Waals surface area contributed by atoms with E-state index in [2.05, 4.69) is 12.2 Å². The Morgan fingerprint density at radius 2 is 2.21 bits per heavy atom. The van der Waals surface area contributed by atoms with Gasteiger partial charge in [-0.1, -0.05) is 19.1 Å². The summed E-state index contributed by atoms with van der Waals surface area (Å²) in [5.74, 6) is 0.191. The van der Waals surface area contributed by atoms with Gasteiger partial charge >= 0.3 is 0 Å². The van der Waals surface area contributed by atoms with Crippen molar-refractivity contribution < 1.29 is 9.13 Å². The van der Waals surface area contributed by atoms with Crippen LogP contribution in [0.3, 0.4) is 0 Å². The van der Waals surface area contributed by atoms with E-state index in [9.17, 15) is 4.39 Å². The van der Waals surface area contributed by atoms with Gasteiger partial charge in [0.25, 0.3) is 0 Å². The zero-order valence-electron chi connectivity index (χ0n) is 11.7. The van der Waals surface area contributed by atoms with Crippen LogP contribution < -0.4 is 5.32 Å². The van der Waals surface area contributed by atoms with Crippen molar-refractivity contribution in [1.29, 1.82) is 0 Å². The highest BCUT2D eigenvalue weighted by Crippen LogP contribution is 2.23. The molecule has 1 aromatic rings. The predicted molar refractivity (Wildman–Crippen MR) is 75.9 cm³/mol. The van der Waals surface area contributed by atoms with Crippen molar-refractivity contribution in [1.82, 2.24) is 5.32 Å². The fourth-order valence-corrected chi connectivity index (χ4v) is 2.22. The van der Waals surface area contributed by atoms with Crippen molar-refractivity contribution in [2.45, 2.75) is 44.6 Å². The molecular weight excluding hydrogens is 241 g/mol. The average molecular weight is 265 g/mol. The van der Waals surface area contributed by atoms with Gasteiger partial charge in [-0.3, -0.25) is 0 Å². The number of hydrogen-bond acceptors (Lipinski definition) is 2. The Kier molecular flexibility index (Phi) is 5.80. The lowest BCUT2D eigenvalue weighted by atomic mass is 9.96. The van der Waals surface area contributed by atoms with E-state index in [1.54, 1.807) is 12.1 Å². The van der Waals surface area contributed by atoms with Crippen LogP contribution in [0.1, 0.15) is 44.1 Å². The first-order valence-electron chi connectivity index (χ1n) is 7.36. The van der Waals surface area contributed by atoms with Gasteiger partial charge in [0.2, 0.25) is 0 Å². The van der Waals surface area contributed by atoms with Gasteiger partial charge < -0.3 is 10.1 Å². The Morgan fingerprint density at radius 1 is 1.37 bits per heavy atom. The van der Waals surface area contributed by atoms with Crippen molar-refractivity contribution in [3.63, 3.8) is 0 Å². The minimum Gasteiger partial charge on any atom is -0.381 e. The molecule has 1 aromatic carbocycles. The predicted octanol–water partition coefficient (Wildman–Crippen LogP) is 3.48. The standard InChI is InChI=1S/C16H24FNO/c1-2-9-19-10-8-14(12-18-16-6-7-16)13-4-3-5-15(17)11-13/h3-5,11,14,16,18H,2,6-10,12H2,1H3. The first-order chi connectivity index (χ1) is 9.29. The minimum atomic E-state index is -0.150. The molecule has 19 heavy (non-hydrogen) atoms. The van der Waals surface area contributed by atoms with Crippen LogP contribution in [0.4, 0.5) is 4.39 Å². The lowest BCUT2D eigenvalue weighted by molar-refractivity contribution is 0.127. The molecule has 1 atom stereocenters. The zero-order valence-corrected chi connectivity index (χ0v) is 11.7. The van der Waals surface area contributed by atoms with Crippen LogP contribution in [0.15, 0.2) is 24.3 Å². The quantitative estimate of drug-likeness (QED) is 0.690. The number of benzene rings is 1. The molecule has 106 valence electrons. The minimum absolute atomic E-state index is 0.150. The SMILES string of the molecule is CCCOCCC(CNC1CC1)c1cccc(F)c1. The second-order valence-electron chi connectivity index (χ2n) is 5.34. The van der Waals surface area contributed by atoms with Gasteiger partial charge in [-0.2, -0.15) is 0 Å². The van der Waals surface area contributed by atoms with E-state index in [0.717, 1.165) is 38.2 Å². The van der Waals surface area contributed by atoms with Crippen LogP contribution in [0.2, 0.25) is 0 Å². The molecule has 0 amide bonds. The average Bonchev–Trinajstić information content (AvgIpc) is 3.22. The molecule has 1 saturated carbocycles. The van der Waals surface area contributed by atoms with E-state index in [1.165, 1.54) is 18.9 Å². The molecule has 2 nitrogen and oxygen atoms in total. The molecule has 0 saturated heterocycles. The van der Waals surface area contributed by atoms with Gasteiger partial charge in [-0.15, -0.1) is 0 Å². The van der Waals surface area contributed by atoms with E-state index in [4.69, 9.17) is 4.74 Å². The molecule has 2 rings (SSSR count). The molecule has 0 aromatic heterocycles. The molecule has 3 heteroatoms. The van der Waals surface area contributed by atoms with Crippen molar-refractivity contribution in [2.75, 3.05) is 19.8 Å². The summed E-state index contributed by atoms with van der Waals surface area (Å²) < 4.78 is 18.9. The van der Waals surface area contributed by atoms with Crippen molar-refractivity contribution in [3.05, 3.63) is 35.6 Å². The second-order valence-corrected chi connectivity index (χ2v) is 5.34. The molecule has 0 heterocycles. The maximum absolute atomic E-state index is 13.3. The van der Waals surface area contributed by atoms with E-state index < -0.39 is 0 Å². The monoisotopic (exact) mass is 265 g/mol. The second kappa shape index (κ2) is 7.61. The van der Waals surface area contributed by atoms with Crippen LogP contribution in [-0.4, -0.2) is 25.8 Å². The Balaban J connectivity index is 1.87. The summed E-state index contributed by atoms with van der Waals surface area (Å²) in [6.07, 6.45) is 4.55. The van der Waals surface area contributed by atoms with E-state index in [0.29, 0.717) is 12.0 Å². The third-order valence-electron chi connectivity index (χ3n) is 3.51. The maximum Gasteiger partial charge on any atom is 0.123 e. The normalized spacial score (nSPS) is 16.5. The first-order valence-corrected chi connectivity index (χ1v) is 7.36. The number of rotatable bonds is 9. The molecule has 1 aliphatic carbocycles. The summed E-state index contributed by atoms with van der Waals surface area (Å²) in [5, 5.41) is 3.54. The Hall–Kier alpha value is -0.930. The van der Waals surface area contributed by atoms with Gasteiger partial charge in [0.15, 0.2) is 0 Å². The Morgan fingerprint density at radius 3 is 2.89 bits per heavy atom. The summed E-state index contributed by atoms with van der Waals surface area (Å²) in [6.45, 7) is 4.59. The highest BCUT2D eigenvalue weighted by molar-refractivity contribution is 5.21. The lowest BCUT2D eigenvalue weighted by Gasteiger charge is -2.18. The van der Waals surface area contributed by atoms with Crippen LogP contribution in [0.25, 0.3) is 0 Å². The zero-order chi connectivity index (χ0) is 13.5. The molecule has 0 radical (unpaired) electrons. The van der Waals surface area contributed by atoms with Crippen LogP contribution >= 0.6 is 0 Å². The van der Waals surface area contributed by atoms with Crippen molar-refractivity contribution >= 4 is 0 Å². The van der Waals surface area contributed by atoms with Gasteiger partial charge in [-0.05, 0) is 49.3 Å². The van der Waals surface area contributed by atoms with Crippen LogP contribution in [0.5, 0.6) is 0 Å². The molecule has 1 fully saturated rings. The van der Waals surface area contributed by atoms with E-state index in [1.807, 2.05) is 6.07 Å². The molecule has 1 N–H and O–H groups in total. The van der Waals surface area contributed by atoms with Gasteiger partial charge in [0.1, 0.15) is 5.82 Å². The summed E-state index contributed by atoms with van der Waals surface area (Å²) in [6, 6.07) is 7.65. The molecule has 0 bridgehead atoms. The number of ether oxygens (including phenoxy) is 1. The fraction of sp³-hybridized carbons (Fsp3) is 0.625. The van der Waals surface area contributed by atoms with E-state index in [-0.39, 0.29) is 5.82 Å². The van der Waals surface area contributed by atoms with Gasteiger partial charge in [-0.25, -0.2) is 4.39 Å². The summed E-state index contributed by atoms with van der Waals surface area (Å²) >= 11 is 0. The summed E-state index contributed by atoms with van der Waals surface area (Å²) in [5.41, 5.74) is 1.08. The number of nitrogens with one attached hydrogen (secondary N) is 1. The maximum atomic E-state index is 13.3. The van der Waals surface area contributed by atoms with Crippen molar-refractivity contribution in [3.8, 4) is 0 Å². The number of hydrogen-bond donors (Lipinski definition) is 1. The van der Waals surface area contributed by atoms with E-state index >= 15 is 0 Å². The molecule has 1 aliphatic rings. The first kappa shape index (κ1) is 14.5. The number of halogens is 1. The highest BCUT2D eigenvalue weighted by Gasteiger charge is 2.22. The lowest BCUT2D eigenvalue weighted by Crippen LogP contribution is -2.24. The summed E-state index contributed by atoms with van der Waals surface area (Å²) in [4.78, 5) is 0. The van der Waals surface area contributed by atoms with Crippen LogP contribution in [0, 0.1) is 5.82 Å². The topological polar surface area (TPSA) is 21.3 Å². The molecular formula is C16H24FNO. The van der Waals surface area contributed by atoms with Crippen molar-refractivity contribution in [2.24, 2.45) is 0 Å².